The molecule has 0 saturated carbocycles. The zero-order valence-corrected chi connectivity index (χ0v) is 19.4. The van der Waals surface area contributed by atoms with Crippen LogP contribution in [0.25, 0.3) is 27.8 Å². The average molecular weight is 478 g/mol. The molecule has 1 aliphatic rings. The van der Waals surface area contributed by atoms with Gasteiger partial charge in [0.15, 0.2) is 5.17 Å². The van der Waals surface area contributed by atoms with E-state index in [-0.39, 0.29) is 11.7 Å². The van der Waals surface area contributed by atoms with Gasteiger partial charge in [-0.05, 0) is 64.5 Å². The molecular formula is C29H20FN3OS. The highest BCUT2D eigenvalue weighted by Crippen LogP contribution is 2.32. The molecule has 1 N–H and O–H groups in total. The normalized spacial score (nSPS) is 16.0. The Bertz CT molecular complexity index is 1650. The molecule has 0 spiro atoms. The van der Waals surface area contributed by atoms with Crippen molar-refractivity contribution in [2.24, 2.45) is 4.99 Å². The lowest BCUT2D eigenvalue weighted by molar-refractivity contribution is -0.115. The van der Waals surface area contributed by atoms with Crippen LogP contribution in [0.5, 0.6) is 0 Å². The third-order valence-electron chi connectivity index (χ3n) is 6.03. The number of hydrogen-bond acceptors (Lipinski definition) is 3. The van der Waals surface area contributed by atoms with E-state index in [1.54, 1.807) is 12.1 Å². The van der Waals surface area contributed by atoms with Crippen LogP contribution in [0.15, 0.2) is 107 Å². The lowest BCUT2D eigenvalue weighted by atomic mass is 10.0. The summed E-state index contributed by atoms with van der Waals surface area (Å²) in [6.45, 7) is 0.724. The number of amides is 1. The number of carbonyl (C=O) groups is 1. The van der Waals surface area contributed by atoms with Gasteiger partial charge in [-0.15, -0.1) is 0 Å². The van der Waals surface area contributed by atoms with E-state index in [1.165, 1.54) is 40.2 Å². The molecule has 0 aliphatic carbocycles. The molecule has 4 aromatic carbocycles. The minimum atomic E-state index is -0.322. The topological polar surface area (TPSA) is 46.4 Å². The summed E-state index contributed by atoms with van der Waals surface area (Å²) in [6.07, 6.45) is 4.01. The molecule has 1 amide bonds. The number of halogens is 1. The molecular weight excluding hydrogens is 457 g/mol. The Kier molecular flexibility index (Phi) is 5.43. The van der Waals surface area contributed by atoms with E-state index in [9.17, 15) is 9.18 Å². The van der Waals surface area contributed by atoms with Gasteiger partial charge in [-0.25, -0.2) is 9.38 Å². The summed E-state index contributed by atoms with van der Waals surface area (Å²) < 4.78 is 15.4. The van der Waals surface area contributed by atoms with Crippen molar-refractivity contribution in [1.82, 2.24) is 9.88 Å². The van der Waals surface area contributed by atoms with E-state index in [0.29, 0.717) is 15.8 Å². The van der Waals surface area contributed by atoms with Gasteiger partial charge >= 0.3 is 0 Å². The number of benzene rings is 4. The van der Waals surface area contributed by atoms with Crippen molar-refractivity contribution in [3.05, 3.63) is 119 Å². The van der Waals surface area contributed by atoms with Gasteiger partial charge in [0.25, 0.3) is 5.91 Å². The zero-order chi connectivity index (χ0) is 23.8. The molecule has 1 saturated heterocycles. The Labute approximate surface area is 205 Å². The van der Waals surface area contributed by atoms with Crippen LogP contribution in [-0.4, -0.2) is 15.6 Å². The third-order valence-corrected chi connectivity index (χ3v) is 6.94. The molecule has 35 heavy (non-hydrogen) atoms. The number of amidine groups is 1. The van der Waals surface area contributed by atoms with Crippen molar-refractivity contribution >= 4 is 56.3 Å². The number of rotatable bonds is 4. The van der Waals surface area contributed by atoms with Crippen molar-refractivity contribution in [2.75, 3.05) is 0 Å². The smallest absolute Gasteiger partial charge is 0.264 e. The summed E-state index contributed by atoms with van der Waals surface area (Å²) >= 11 is 1.28. The van der Waals surface area contributed by atoms with Gasteiger partial charge in [0, 0.05) is 29.2 Å². The quantitative estimate of drug-likeness (QED) is 0.287. The number of aliphatic imine (C=N–C) groups is 1. The number of fused-ring (bicyclic) bond motifs is 2. The number of nitrogens with zero attached hydrogens (tertiary/aromatic N) is 2. The van der Waals surface area contributed by atoms with E-state index in [4.69, 9.17) is 0 Å². The van der Waals surface area contributed by atoms with Crippen LogP contribution in [0.2, 0.25) is 0 Å². The molecule has 1 fully saturated rings. The molecule has 0 atom stereocenters. The number of hydrogen-bond donors (Lipinski definition) is 1. The third kappa shape index (κ3) is 4.24. The van der Waals surface area contributed by atoms with E-state index < -0.39 is 0 Å². The van der Waals surface area contributed by atoms with Crippen LogP contribution in [0.4, 0.5) is 10.1 Å². The molecule has 4 nitrogen and oxygen atoms in total. The second-order valence-electron chi connectivity index (χ2n) is 8.33. The van der Waals surface area contributed by atoms with Crippen LogP contribution in [0.3, 0.4) is 0 Å². The fraction of sp³-hybridized carbons (Fsp3) is 0.0345. The van der Waals surface area contributed by atoms with Crippen LogP contribution in [0, 0.1) is 5.82 Å². The molecule has 170 valence electrons. The second-order valence-corrected chi connectivity index (χ2v) is 9.36. The molecule has 0 unspecified atom stereocenters. The lowest BCUT2D eigenvalue weighted by Gasteiger charge is -2.09. The van der Waals surface area contributed by atoms with Crippen LogP contribution < -0.4 is 5.32 Å². The van der Waals surface area contributed by atoms with Crippen molar-refractivity contribution in [1.29, 1.82) is 0 Å². The summed E-state index contributed by atoms with van der Waals surface area (Å²) in [5.74, 6) is -0.515. The van der Waals surface area contributed by atoms with Crippen molar-refractivity contribution < 1.29 is 9.18 Å². The first kappa shape index (κ1) is 21.4. The van der Waals surface area contributed by atoms with Gasteiger partial charge < -0.3 is 9.88 Å². The molecule has 1 aliphatic heterocycles. The van der Waals surface area contributed by atoms with Crippen LogP contribution >= 0.6 is 11.8 Å². The molecule has 6 rings (SSSR count). The maximum absolute atomic E-state index is 13.2. The van der Waals surface area contributed by atoms with Gasteiger partial charge in [-0.2, -0.15) is 0 Å². The first-order valence-corrected chi connectivity index (χ1v) is 12.1. The zero-order valence-electron chi connectivity index (χ0n) is 18.6. The molecule has 5 aromatic rings. The standard InChI is InChI=1S/C29H20FN3OS/c30-22-12-14-23(15-13-22)31-29-32-28(34)27(35-29)16-21-18-33(26-11-4-3-10-25(21)26)17-20-8-5-7-19-6-1-2-9-24(19)20/h1-16,18H,17H2,(H,31,32,34)/b27-16+. The monoisotopic (exact) mass is 477 g/mol. The van der Waals surface area contributed by atoms with Gasteiger partial charge in [-0.1, -0.05) is 60.7 Å². The summed E-state index contributed by atoms with van der Waals surface area (Å²) in [5.41, 5.74) is 3.91. The summed E-state index contributed by atoms with van der Waals surface area (Å²) in [6, 6.07) is 28.9. The maximum atomic E-state index is 13.2. The second kappa shape index (κ2) is 8.89. The van der Waals surface area contributed by atoms with E-state index >= 15 is 0 Å². The summed E-state index contributed by atoms with van der Waals surface area (Å²) in [5, 5.41) is 6.82. The minimum absolute atomic E-state index is 0.193. The van der Waals surface area contributed by atoms with Gasteiger partial charge in [-0.3, -0.25) is 4.79 Å². The predicted molar refractivity (Wildman–Crippen MR) is 142 cm³/mol. The highest BCUT2D eigenvalue weighted by atomic mass is 32.2. The molecule has 0 radical (unpaired) electrons. The highest BCUT2D eigenvalue weighted by molar-refractivity contribution is 8.18. The van der Waals surface area contributed by atoms with E-state index in [0.717, 1.165) is 23.0 Å². The summed E-state index contributed by atoms with van der Waals surface area (Å²) in [7, 11) is 0. The number of carbonyl (C=O) groups excluding carboxylic acids is 1. The minimum Gasteiger partial charge on any atom is -0.342 e. The Morgan fingerprint density at radius 1 is 0.886 bits per heavy atom. The number of para-hydroxylation sites is 1. The fourth-order valence-electron chi connectivity index (χ4n) is 4.39. The number of nitrogens with one attached hydrogen (secondary N) is 1. The Balaban J connectivity index is 1.35. The van der Waals surface area contributed by atoms with E-state index in [1.807, 2.05) is 18.2 Å². The maximum Gasteiger partial charge on any atom is 0.264 e. The van der Waals surface area contributed by atoms with Gasteiger partial charge in [0.1, 0.15) is 5.82 Å². The molecule has 0 bridgehead atoms. The van der Waals surface area contributed by atoms with Crippen molar-refractivity contribution in [3.8, 4) is 0 Å². The lowest BCUT2D eigenvalue weighted by Crippen LogP contribution is -2.19. The van der Waals surface area contributed by atoms with Gasteiger partial charge in [0.2, 0.25) is 0 Å². The van der Waals surface area contributed by atoms with E-state index in [2.05, 4.69) is 75.7 Å². The molecule has 6 heteroatoms. The number of thioether (sulfide) groups is 1. The first-order valence-electron chi connectivity index (χ1n) is 11.2. The SMILES string of the molecule is O=C1NC(=Nc2ccc(F)cc2)S/C1=C/c1cn(Cc2cccc3ccccc23)c2ccccc12. The average Bonchev–Trinajstić information content (AvgIpc) is 3.40. The number of aromatic nitrogens is 1. The predicted octanol–water partition coefficient (Wildman–Crippen LogP) is 6.87. The Hall–Kier alpha value is -4.16. The summed E-state index contributed by atoms with van der Waals surface area (Å²) in [4.78, 5) is 17.7. The van der Waals surface area contributed by atoms with Crippen LogP contribution in [-0.2, 0) is 11.3 Å². The van der Waals surface area contributed by atoms with Crippen LogP contribution in [0.1, 0.15) is 11.1 Å². The van der Waals surface area contributed by atoms with Gasteiger partial charge in [0.05, 0.1) is 10.6 Å². The Morgan fingerprint density at radius 2 is 1.63 bits per heavy atom. The Morgan fingerprint density at radius 3 is 2.49 bits per heavy atom. The molecule has 1 aromatic heterocycles. The largest absolute Gasteiger partial charge is 0.342 e. The molecule has 2 heterocycles. The first-order chi connectivity index (χ1) is 17.1. The highest BCUT2D eigenvalue weighted by Gasteiger charge is 2.24. The van der Waals surface area contributed by atoms with Crippen molar-refractivity contribution in [3.63, 3.8) is 0 Å². The fourth-order valence-corrected chi connectivity index (χ4v) is 5.22. The van der Waals surface area contributed by atoms with Crippen molar-refractivity contribution in [2.45, 2.75) is 6.54 Å².